The molecular weight excluding hydrogens is 252 g/mol. The molecule has 0 aliphatic carbocycles. The van der Waals surface area contributed by atoms with Gasteiger partial charge in [-0.25, -0.2) is 0 Å². The standard InChI is InChI=1S/C12H16N2O5/c1-12(2,8-15)13-11(16)7-19-10-5-3-9(4-6-10)14(17)18/h3-6,15H,7-8H2,1-2H3,(H,13,16). The molecular formula is C12H16N2O5. The number of ether oxygens (including phenoxy) is 1. The van der Waals surface area contributed by atoms with Crippen molar-refractivity contribution in [3.05, 3.63) is 34.4 Å². The highest BCUT2D eigenvalue weighted by atomic mass is 16.6. The van der Waals surface area contributed by atoms with Gasteiger partial charge in [0.15, 0.2) is 6.61 Å². The van der Waals surface area contributed by atoms with Gasteiger partial charge in [0.05, 0.1) is 17.1 Å². The fourth-order valence-electron chi connectivity index (χ4n) is 1.27. The summed E-state index contributed by atoms with van der Waals surface area (Å²) in [5.74, 6) is -0.0139. The van der Waals surface area contributed by atoms with Gasteiger partial charge in [0.2, 0.25) is 0 Å². The van der Waals surface area contributed by atoms with Gasteiger partial charge >= 0.3 is 0 Å². The molecule has 1 aromatic rings. The summed E-state index contributed by atoms with van der Waals surface area (Å²) in [6, 6.07) is 5.43. The highest BCUT2D eigenvalue weighted by molar-refractivity contribution is 5.78. The fourth-order valence-corrected chi connectivity index (χ4v) is 1.27. The number of hydrogen-bond acceptors (Lipinski definition) is 5. The lowest BCUT2D eigenvalue weighted by molar-refractivity contribution is -0.384. The molecule has 0 atom stereocenters. The molecule has 0 aliphatic heterocycles. The number of non-ortho nitro benzene ring substituents is 1. The maximum Gasteiger partial charge on any atom is 0.269 e. The first kappa shape index (κ1) is 14.9. The molecule has 0 unspecified atom stereocenters. The van der Waals surface area contributed by atoms with Crippen molar-refractivity contribution in [2.45, 2.75) is 19.4 Å². The van der Waals surface area contributed by atoms with Crippen LogP contribution >= 0.6 is 0 Å². The molecule has 0 saturated carbocycles. The van der Waals surface area contributed by atoms with Crippen molar-refractivity contribution in [3.63, 3.8) is 0 Å². The Labute approximate surface area is 110 Å². The number of aliphatic hydroxyl groups is 1. The minimum atomic E-state index is -0.712. The van der Waals surface area contributed by atoms with E-state index in [2.05, 4.69) is 5.32 Å². The molecule has 104 valence electrons. The van der Waals surface area contributed by atoms with Crippen LogP contribution in [0.4, 0.5) is 5.69 Å². The molecule has 0 heterocycles. The van der Waals surface area contributed by atoms with E-state index in [9.17, 15) is 14.9 Å². The van der Waals surface area contributed by atoms with Crippen LogP contribution in [0.15, 0.2) is 24.3 Å². The number of hydrogen-bond donors (Lipinski definition) is 2. The zero-order valence-corrected chi connectivity index (χ0v) is 10.8. The Kier molecular flexibility index (Phi) is 4.82. The maximum atomic E-state index is 11.5. The van der Waals surface area contributed by atoms with E-state index in [1.54, 1.807) is 13.8 Å². The number of amides is 1. The lowest BCUT2D eigenvalue weighted by Crippen LogP contribution is -2.48. The molecule has 7 heteroatoms. The molecule has 0 spiro atoms. The van der Waals surface area contributed by atoms with Gasteiger partial charge in [0.1, 0.15) is 5.75 Å². The van der Waals surface area contributed by atoms with Gasteiger partial charge in [-0.15, -0.1) is 0 Å². The summed E-state index contributed by atoms with van der Waals surface area (Å²) in [4.78, 5) is 21.4. The van der Waals surface area contributed by atoms with Gasteiger partial charge in [0, 0.05) is 12.1 Å². The fraction of sp³-hybridized carbons (Fsp3) is 0.417. The molecule has 0 radical (unpaired) electrons. The zero-order chi connectivity index (χ0) is 14.5. The van der Waals surface area contributed by atoms with Crippen LogP contribution in [0, 0.1) is 10.1 Å². The molecule has 0 fully saturated rings. The number of benzene rings is 1. The summed E-state index contributed by atoms with van der Waals surface area (Å²) in [6.45, 7) is 2.95. The van der Waals surface area contributed by atoms with Crippen LogP contribution in [-0.4, -0.2) is 34.7 Å². The van der Waals surface area contributed by atoms with Crippen molar-refractivity contribution in [2.75, 3.05) is 13.2 Å². The summed E-state index contributed by atoms with van der Waals surface area (Å²) in [7, 11) is 0. The smallest absolute Gasteiger partial charge is 0.269 e. The number of nitrogens with zero attached hydrogens (tertiary/aromatic N) is 1. The quantitative estimate of drug-likeness (QED) is 0.588. The molecule has 0 saturated heterocycles. The lowest BCUT2D eigenvalue weighted by Gasteiger charge is -2.23. The predicted molar refractivity (Wildman–Crippen MR) is 67.9 cm³/mol. The van der Waals surface area contributed by atoms with Crippen molar-refractivity contribution in [3.8, 4) is 5.75 Å². The Morgan fingerprint density at radius 1 is 1.42 bits per heavy atom. The van der Waals surface area contributed by atoms with Crippen molar-refractivity contribution in [2.24, 2.45) is 0 Å². The Bertz CT molecular complexity index is 456. The Hall–Kier alpha value is -2.15. The molecule has 1 aromatic carbocycles. The summed E-state index contributed by atoms with van der Waals surface area (Å²) in [5, 5.41) is 22.0. The molecule has 7 nitrogen and oxygen atoms in total. The Morgan fingerprint density at radius 3 is 2.47 bits per heavy atom. The van der Waals surface area contributed by atoms with Crippen molar-refractivity contribution in [1.29, 1.82) is 0 Å². The molecule has 0 aromatic heterocycles. The van der Waals surface area contributed by atoms with E-state index in [4.69, 9.17) is 9.84 Å². The maximum absolute atomic E-state index is 11.5. The average molecular weight is 268 g/mol. The average Bonchev–Trinajstić information content (AvgIpc) is 2.36. The van der Waals surface area contributed by atoms with Gasteiger partial charge in [-0.3, -0.25) is 14.9 Å². The van der Waals surface area contributed by atoms with E-state index < -0.39 is 10.5 Å². The van der Waals surface area contributed by atoms with Crippen LogP contribution in [0.25, 0.3) is 0 Å². The number of aliphatic hydroxyl groups excluding tert-OH is 1. The summed E-state index contributed by atoms with van der Waals surface area (Å²) in [6.07, 6.45) is 0. The molecule has 0 bridgehead atoms. The second-order valence-electron chi connectivity index (χ2n) is 4.63. The molecule has 0 aliphatic rings. The van der Waals surface area contributed by atoms with E-state index >= 15 is 0 Å². The number of carbonyl (C=O) groups excluding carboxylic acids is 1. The predicted octanol–water partition coefficient (Wildman–Crippen LogP) is 0.861. The van der Waals surface area contributed by atoms with Crippen LogP contribution in [0.2, 0.25) is 0 Å². The van der Waals surface area contributed by atoms with Gasteiger partial charge in [-0.05, 0) is 26.0 Å². The Morgan fingerprint density at radius 2 is 2.00 bits per heavy atom. The van der Waals surface area contributed by atoms with Crippen LogP contribution in [0.5, 0.6) is 5.75 Å². The number of nitro groups is 1. The minimum Gasteiger partial charge on any atom is -0.484 e. The van der Waals surface area contributed by atoms with E-state index in [0.717, 1.165) is 0 Å². The SMILES string of the molecule is CC(C)(CO)NC(=O)COc1ccc([N+](=O)[O-])cc1. The van der Waals surface area contributed by atoms with E-state index in [-0.39, 0.29) is 24.8 Å². The highest BCUT2D eigenvalue weighted by Gasteiger charge is 2.19. The van der Waals surface area contributed by atoms with Crippen molar-refractivity contribution in [1.82, 2.24) is 5.32 Å². The van der Waals surface area contributed by atoms with Gasteiger partial charge in [0.25, 0.3) is 11.6 Å². The second-order valence-corrected chi connectivity index (χ2v) is 4.63. The molecule has 19 heavy (non-hydrogen) atoms. The number of rotatable bonds is 6. The number of carbonyl (C=O) groups is 1. The Balaban J connectivity index is 2.48. The first-order chi connectivity index (χ1) is 8.84. The summed E-state index contributed by atoms with van der Waals surface area (Å²) in [5.41, 5.74) is -0.756. The second kappa shape index (κ2) is 6.14. The van der Waals surface area contributed by atoms with Crippen LogP contribution in [-0.2, 0) is 4.79 Å². The number of nitro benzene ring substituents is 1. The number of nitrogens with one attached hydrogen (secondary N) is 1. The third-order valence-corrected chi connectivity index (χ3v) is 2.29. The van der Waals surface area contributed by atoms with E-state index in [0.29, 0.717) is 5.75 Å². The first-order valence-electron chi connectivity index (χ1n) is 5.63. The van der Waals surface area contributed by atoms with Gasteiger partial charge in [-0.2, -0.15) is 0 Å². The first-order valence-corrected chi connectivity index (χ1v) is 5.63. The van der Waals surface area contributed by atoms with Crippen LogP contribution < -0.4 is 10.1 Å². The van der Waals surface area contributed by atoms with Crippen LogP contribution in [0.1, 0.15) is 13.8 Å². The zero-order valence-electron chi connectivity index (χ0n) is 10.8. The highest BCUT2D eigenvalue weighted by Crippen LogP contribution is 2.17. The third kappa shape index (κ3) is 4.92. The molecule has 2 N–H and O–H groups in total. The molecule has 1 rings (SSSR count). The molecule has 1 amide bonds. The lowest BCUT2D eigenvalue weighted by atomic mass is 10.1. The third-order valence-electron chi connectivity index (χ3n) is 2.29. The largest absolute Gasteiger partial charge is 0.484 e. The van der Waals surface area contributed by atoms with Crippen molar-refractivity contribution < 1.29 is 19.6 Å². The monoisotopic (exact) mass is 268 g/mol. The topological polar surface area (TPSA) is 102 Å². The van der Waals surface area contributed by atoms with E-state index in [1.807, 2.05) is 0 Å². The normalized spacial score (nSPS) is 10.9. The van der Waals surface area contributed by atoms with Gasteiger partial charge < -0.3 is 15.2 Å². The summed E-state index contributed by atoms with van der Waals surface area (Å²) >= 11 is 0. The summed E-state index contributed by atoms with van der Waals surface area (Å²) < 4.78 is 5.18. The minimum absolute atomic E-state index is 0.0433. The van der Waals surface area contributed by atoms with Crippen molar-refractivity contribution >= 4 is 11.6 Å². The van der Waals surface area contributed by atoms with E-state index in [1.165, 1.54) is 24.3 Å². The van der Waals surface area contributed by atoms with Crippen LogP contribution in [0.3, 0.4) is 0 Å². The van der Waals surface area contributed by atoms with Gasteiger partial charge in [-0.1, -0.05) is 0 Å².